The molecule has 0 aliphatic rings. The van der Waals surface area contributed by atoms with Crippen LogP contribution in [0.15, 0.2) is 152 Å². The molecule has 2 aromatic heterocycles. The van der Waals surface area contributed by atoms with Gasteiger partial charge in [0.1, 0.15) is 7.85 Å². The summed E-state index contributed by atoms with van der Waals surface area (Å²) >= 11 is 0. The van der Waals surface area contributed by atoms with Crippen LogP contribution in [0.1, 0.15) is 0 Å². The van der Waals surface area contributed by atoms with Crippen LogP contribution in [0.3, 0.4) is 0 Å². The second-order valence-electron chi connectivity index (χ2n) is 10.4. The van der Waals surface area contributed by atoms with Gasteiger partial charge in [0, 0.05) is 27.8 Å². The summed E-state index contributed by atoms with van der Waals surface area (Å²) in [6.45, 7) is 0. The average molecular weight is 520 g/mol. The average Bonchev–Trinajstić information content (AvgIpc) is 3.54. The van der Waals surface area contributed by atoms with Gasteiger partial charge >= 0.3 is 0 Å². The summed E-state index contributed by atoms with van der Waals surface area (Å²) in [5, 5.41) is 3.57. The Morgan fingerprint density at radius 3 is 1.54 bits per heavy atom. The van der Waals surface area contributed by atoms with Gasteiger partial charge in [0.15, 0.2) is 0 Å². The Bertz CT molecular complexity index is 2190. The summed E-state index contributed by atoms with van der Waals surface area (Å²) in [5.74, 6) is 0. The minimum atomic E-state index is 0.798. The van der Waals surface area contributed by atoms with Crippen molar-refractivity contribution in [2.75, 3.05) is 0 Å². The van der Waals surface area contributed by atoms with Gasteiger partial charge in [0.2, 0.25) is 0 Å². The first-order valence-electron chi connectivity index (χ1n) is 13.9. The van der Waals surface area contributed by atoms with Gasteiger partial charge in [-0.1, -0.05) is 109 Å². The highest BCUT2D eigenvalue weighted by atomic mass is 15.0. The number of nitrogens with zero attached hydrogens (tertiary/aromatic N) is 2. The van der Waals surface area contributed by atoms with Gasteiger partial charge in [-0.3, -0.25) is 0 Å². The molecule has 0 saturated carbocycles. The third-order valence-corrected chi connectivity index (χ3v) is 8.11. The van der Waals surface area contributed by atoms with Gasteiger partial charge in [-0.05, 0) is 70.6 Å². The third kappa shape index (κ3) is 3.74. The fraction of sp³-hybridized carbons (Fsp3) is 0. The first-order chi connectivity index (χ1) is 20.3. The Hall–Kier alpha value is -5.28. The SMILES string of the molecule is [B]c1c(-c2ccc(-c3ccc4c(c3)c3ccccc3n4-c3ccccc3)cc2)n(-c2ccccc2)c2ccccc12. The van der Waals surface area contributed by atoms with Gasteiger partial charge < -0.3 is 9.13 Å². The molecule has 0 spiro atoms. The van der Waals surface area contributed by atoms with Gasteiger partial charge in [-0.25, -0.2) is 0 Å². The topological polar surface area (TPSA) is 9.86 Å². The zero-order chi connectivity index (χ0) is 27.3. The van der Waals surface area contributed by atoms with Gasteiger partial charge in [-0.2, -0.15) is 0 Å². The molecule has 8 rings (SSSR count). The molecular formula is C38H25BN2. The first-order valence-corrected chi connectivity index (χ1v) is 13.9. The van der Waals surface area contributed by atoms with E-state index in [1.54, 1.807) is 0 Å². The van der Waals surface area contributed by atoms with Crippen molar-refractivity contribution in [3.8, 4) is 33.8 Å². The van der Waals surface area contributed by atoms with E-state index in [1.807, 2.05) is 12.1 Å². The van der Waals surface area contributed by atoms with Crippen molar-refractivity contribution in [2.24, 2.45) is 0 Å². The molecule has 0 atom stereocenters. The van der Waals surface area contributed by atoms with E-state index in [1.165, 1.54) is 38.6 Å². The highest BCUT2D eigenvalue weighted by Crippen LogP contribution is 2.36. The van der Waals surface area contributed by atoms with Gasteiger partial charge in [0.25, 0.3) is 0 Å². The Kier molecular flexibility index (Phi) is 5.43. The Morgan fingerprint density at radius 2 is 0.854 bits per heavy atom. The molecule has 2 radical (unpaired) electrons. The molecule has 41 heavy (non-hydrogen) atoms. The van der Waals surface area contributed by atoms with Crippen LogP contribution in [-0.2, 0) is 0 Å². The quantitative estimate of drug-likeness (QED) is 0.205. The van der Waals surface area contributed by atoms with Crippen LogP contribution >= 0.6 is 0 Å². The van der Waals surface area contributed by atoms with Gasteiger partial charge in [-0.15, -0.1) is 0 Å². The summed E-state index contributed by atoms with van der Waals surface area (Å²) in [6.07, 6.45) is 0. The van der Waals surface area contributed by atoms with Crippen molar-refractivity contribution in [2.45, 2.75) is 0 Å². The Balaban J connectivity index is 1.26. The second-order valence-corrected chi connectivity index (χ2v) is 10.4. The van der Waals surface area contributed by atoms with Crippen molar-refractivity contribution in [3.05, 3.63) is 152 Å². The normalized spacial score (nSPS) is 11.5. The first kappa shape index (κ1) is 23.6. The lowest BCUT2D eigenvalue weighted by Crippen LogP contribution is -2.07. The van der Waals surface area contributed by atoms with Crippen LogP contribution < -0.4 is 5.46 Å². The van der Waals surface area contributed by atoms with E-state index < -0.39 is 0 Å². The molecule has 0 amide bonds. The smallest absolute Gasteiger partial charge is 0.117 e. The molecule has 2 heterocycles. The molecule has 3 heteroatoms. The largest absolute Gasteiger partial charge is 0.310 e. The van der Waals surface area contributed by atoms with Crippen LogP contribution in [0, 0.1) is 0 Å². The van der Waals surface area contributed by atoms with E-state index in [0.29, 0.717) is 0 Å². The minimum absolute atomic E-state index is 0.798. The highest BCUT2D eigenvalue weighted by molar-refractivity contribution is 6.42. The number of benzene rings is 6. The molecule has 6 aromatic carbocycles. The molecule has 8 aromatic rings. The molecule has 190 valence electrons. The molecule has 2 nitrogen and oxygen atoms in total. The molecular weight excluding hydrogens is 495 g/mol. The maximum atomic E-state index is 6.80. The van der Waals surface area contributed by atoms with Crippen molar-refractivity contribution in [1.82, 2.24) is 9.13 Å². The summed E-state index contributed by atoms with van der Waals surface area (Å²) in [6, 6.07) is 53.6. The number of hydrogen-bond acceptors (Lipinski definition) is 0. The monoisotopic (exact) mass is 520 g/mol. The zero-order valence-corrected chi connectivity index (χ0v) is 22.4. The Labute approximate surface area is 240 Å². The van der Waals surface area contributed by atoms with Crippen LogP contribution in [0.2, 0.25) is 0 Å². The number of hydrogen-bond donors (Lipinski definition) is 0. The summed E-state index contributed by atoms with van der Waals surface area (Å²) < 4.78 is 4.62. The number of rotatable bonds is 4. The van der Waals surface area contributed by atoms with Crippen LogP contribution in [0.25, 0.3) is 66.5 Å². The third-order valence-electron chi connectivity index (χ3n) is 8.11. The van der Waals surface area contributed by atoms with Crippen LogP contribution in [-0.4, -0.2) is 17.0 Å². The number of para-hydroxylation sites is 4. The highest BCUT2D eigenvalue weighted by Gasteiger charge is 2.17. The summed E-state index contributed by atoms with van der Waals surface area (Å²) in [5.41, 5.74) is 11.1. The maximum Gasteiger partial charge on any atom is 0.117 e. The molecule has 0 aliphatic carbocycles. The van der Waals surface area contributed by atoms with Crippen molar-refractivity contribution >= 4 is 46.0 Å². The lowest BCUT2D eigenvalue weighted by atomic mass is 9.89. The minimum Gasteiger partial charge on any atom is -0.310 e. The van der Waals surface area contributed by atoms with E-state index >= 15 is 0 Å². The van der Waals surface area contributed by atoms with E-state index in [-0.39, 0.29) is 0 Å². The molecule has 0 fully saturated rings. The molecule has 0 bridgehead atoms. The van der Waals surface area contributed by atoms with Crippen molar-refractivity contribution < 1.29 is 0 Å². The standard InChI is InChI=1S/C38H25BN2/c39-37-32-16-8-10-18-35(32)41(30-13-5-2-6-14-30)38(37)27-21-19-26(20-22-27)28-23-24-36-33(25-28)31-15-7-9-17-34(31)40(36)29-11-3-1-4-12-29/h1-25H. The fourth-order valence-electron chi connectivity index (χ4n) is 6.22. The van der Waals surface area contributed by atoms with E-state index in [2.05, 4.69) is 149 Å². The van der Waals surface area contributed by atoms with Crippen LogP contribution in [0.4, 0.5) is 0 Å². The molecule has 0 aliphatic heterocycles. The Morgan fingerprint density at radius 1 is 0.366 bits per heavy atom. The number of fused-ring (bicyclic) bond motifs is 4. The maximum absolute atomic E-state index is 6.80. The van der Waals surface area contributed by atoms with E-state index in [0.717, 1.165) is 33.3 Å². The van der Waals surface area contributed by atoms with Gasteiger partial charge in [0.05, 0.1) is 16.6 Å². The lowest BCUT2D eigenvalue weighted by Gasteiger charge is -2.13. The predicted octanol–water partition coefficient (Wildman–Crippen LogP) is 8.86. The van der Waals surface area contributed by atoms with Crippen molar-refractivity contribution in [1.29, 1.82) is 0 Å². The molecule has 0 unspecified atom stereocenters. The second kappa shape index (κ2) is 9.43. The molecule has 0 saturated heterocycles. The predicted molar refractivity (Wildman–Crippen MR) is 174 cm³/mol. The fourth-order valence-corrected chi connectivity index (χ4v) is 6.22. The lowest BCUT2D eigenvalue weighted by molar-refractivity contribution is 1.14. The molecule has 0 N–H and O–H groups in total. The van der Waals surface area contributed by atoms with E-state index in [9.17, 15) is 0 Å². The van der Waals surface area contributed by atoms with E-state index in [4.69, 9.17) is 7.85 Å². The van der Waals surface area contributed by atoms with Crippen molar-refractivity contribution in [3.63, 3.8) is 0 Å². The summed E-state index contributed by atoms with van der Waals surface area (Å²) in [7, 11) is 6.80. The number of aromatic nitrogens is 2. The van der Waals surface area contributed by atoms with Crippen LogP contribution in [0.5, 0.6) is 0 Å². The zero-order valence-electron chi connectivity index (χ0n) is 22.4. The summed E-state index contributed by atoms with van der Waals surface area (Å²) in [4.78, 5) is 0.